The van der Waals surface area contributed by atoms with Gasteiger partial charge >= 0.3 is 11.8 Å². The zero-order chi connectivity index (χ0) is 25.7. The minimum absolute atomic E-state index is 0.0913. The number of anilines is 2. The highest BCUT2D eigenvalue weighted by atomic mass is 35.5. The lowest BCUT2D eigenvalue weighted by Gasteiger charge is -2.13. The standard InChI is InChI=1S/C27H24Cl2N4O3/c1-2-3-6-17-9-12-20(13-10-17)30-26(35)27(36)32-33-23-14-11-19(28)15-18(23)16-24(33)25(34)31-22-8-5-4-7-21(22)29/h4-5,7-16H,2-3,6H2,1H3,(H,30,35)(H,31,34)(H,32,36). The molecule has 1 aromatic heterocycles. The van der Waals surface area contributed by atoms with Crippen LogP contribution in [0.15, 0.2) is 72.8 Å². The highest BCUT2D eigenvalue weighted by molar-refractivity contribution is 6.42. The molecule has 0 radical (unpaired) electrons. The SMILES string of the molecule is CCCCc1ccc(NC(=O)C(=O)Nn2c(C(=O)Nc3ccccc3Cl)cc3cc(Cl)ccc32)cc1. The third-order valence-electron chi connectivity index (χ3n) is 5.57. The molecule has 0 atom stereocenters. The Balaban J connectivity index is 1.55. The van der Waals surface area contributed by atoms with Crippen LogP contribution in [0, 0.1) is 0 Å². The summed E-state index contributed by atoms with van der Waals surface area (Å²) in [5.74, 6) is -2.34. The number of carbonyl (C=O) groups is 3. The van der Waals surface area contributed by atoms with Gasteiger partial charge in [0.2, 0.25) is 0 Å². The zero-order valence-corrected chi connectivity index (χ0v) is 21.0. The average Bonchev–Trinajstić information content (AvgIpc) is 3.22. The van der Waals surface area contributed by atoms with Crippen LogP contribution < -0.4 is 16.1 Å². The van der Waals surface area contributed by atoms with Gasteiger partial charge in [-0.1, -0.05) is 60.8 Å². The van der Waals surface area contributed by atoms with Gasteiger partial charge in [-0.05, 0) is 66.9 Å². The number of unbranched alkanes of at least 4 members (excludes halogenated alkanes) is 1. The third-order valence-corrected chi connectivity index (χ3v) is 6.13. The van der Waals surface area contributed by atoms with Gasteiger partial charge in [0.1, 0.15) is 5.69 Å². The maximum atomic E-state index is 13.1. The first-order chi connectivity index (χ1) is 17.4. The van der Waals surface area contributed by atoms with Crippen molar-refractivity contribution in [1.82, 2.24) is 4.68 Å². The van der Waals surface area contributed by atoms with Crippen molar-refractivity contribution in [3.63, 3.8) is 0 Å². The van der Waals surface area contributed by atoms with Crippen molar-refractivity contribution in [3.8, 4) is 0 Å². The van der Waals surface area contributed by atoms with Crippen LogP contribution in [0.5, 0.6) is 0 Å². The molecule has 3 aromatic carbocycles. The molecule has 184 valence electrons. The predicted molar refractivity (Wildman–Crippen MR) is 144 cm³/mol. The number of hydrogen-bond acceptors (Lipinski definition) is 3. The topological polar surface area (TPSA) is 92.2 Å². The van der Waals surface area contributed by atoms with Gasteiger partial charge in [-0.15, -0.1) is 0 Å². The van der Waals surface area contributed by atoms with Gasteiger partial charge in [0.05, 0.1) is 16.2 Å². The second-order valence-corrected chi connectivity index (χ2v) is 9.04. The van der Waals surface area contributed by atoms with Gasteiger partial charge in [0.25, 0.3) is 5.91 Å². The van der Waals surface area contributed by atoms with Crippen LogP contribution in [-0.2, 0) is 16.0 Å². The quantitative estimate of drug-likeness (QED) is 0.250. The predicted octanol–water partition coefficient (Wildman–Crippen LogP) is 6.25. The molecule has 4 aromatic rings. The number of benzene rings is 3. The fraction of sp³-hybridized carbons (Fsp3) is 0.148. The summed E-state index contributed by atoms with van der Waals surface area (Å²) in [4.78, 5) is 38.5. The van der Waals surface area contributed by atoms with Gasteiger partial charge in [-0.2, -0.15) is 0 Å². The van der Waals surface area contributed by atoms with Crippen LogP contribution in [0.4, 0.5) is 11.4 Å². The third kappa shape index (κ3) is 5.87. The van der Waals surface area contributed by atoms with Gasteiger partial charge in [0.15, 0.2) is 0 Å². The molecule has 3 N–H and O–H groups in total. The number of fused-ring (bicyclic) bond motifs is 1. The minimum atomic E-state index is -0.940. The first-order valence-corrected chi connectivity index (χ1v) is 12.2. The molecule has 0 spiro atoms. The highest BCUT2D eigenvalue weighted by Gasteiger charge is 2.21. The summed E-state index contributed by atoms with van der Waals surface area (Å²) in [5, 5.41) is 6.75. The lowest BCUT2D eigenvalue weighted by atomic mass is 10.1. The van der Waals surface area contributed by atoms with Crippen LogP contribution >= 0.6 is 23.2 Å². The van der Waals surface area contributed by atoms with Crippen molar-refractivity contribution >= 4 is 63.2 Å². The Kier molecular flexibility index (Phi) is 7.93. The number of aryl methyl sites for hydroxylation is 1. The van der Waals surface area contributed by atoms with Gasteiger partial charge in [-0.3, -0.25) is 19.8 Å². The van der Waals surface area contributed by atoms with Crippen molar-refractivity contribution in [2.45, 2.75) is 26.2 Å². The molecule has 0 aliphatic carbocycles. The Morgan fingerprint density at radius 2 is 1.61 bits per heavy atom. The van der Waals surface area contributed by atoms with Crippen LogP contribution in [0.1, 0.15) is 35.8 Å². The second-order valence-electron chi connectivity index (χ2n) is 8.20. The lowest BCUT2D eigenvalue weighted by Crippen LogP contribution is -2.36. The van der Waals surface area contributed by atoms with E-state index in [2.05, 4.69) is 23.0 Å². The number of rotatable bonds is 7. The lowest BCUT2D eigenvalue weighted by molar-refractivity contribution is -0.133. The van der Waals surface area contributed by atoms with E-state index in [0.717, 1.165) is 24.8 Å². The number of amides is 3. The number of aromatic nitrogens is 1. The maximum absolute atomic E-state index is 13.1. The molecule has 3 amide bonds. The molecule has 0 bridgehead atoms. The molecule has 36 heavy (non-hydrogen) atoms. The van der Waals surface area contributed by atoms with Crippen LogP contribution in [0.2, 0.25) is 10.0 Å². The molecule has 0 aliphatic rings. The minimum Gasteiger partial charge on any atom is -0.319 e. The van der Waals surface area contributed by atoms with E-state index >= 15 is 0 Å². The van der Waals surface area contributed by atoms with Gasteiger partial charge in [0, 0.05) is 16.1 Å². The molecule has 0 aliphatic heterocycles. The van der Waals surface area contributed by atoms with Crippen LogP contribution in [0.25, 0.3) is 10.9 Å². The highest BCUT2D eigenvalue weighted by Crippen LogP contribution is 2.25. The number of carbonyl (C=O) groups excluding carboxylic acids is 3. The Morgan fingerprint density at radius 3 is 2.33 bits per heavy atom. The van der Waals surface area contributed by atoms with E-state index in [-0.39, 0.29) is 5.69 Å². The normalized spacial score (nSPS) is 10.8. The fourth-order valence-electron chi connectivity index (χ4n) is 3.70. The summed E-state index contributed by atoms with van der Waals surface area (Å²) >= 11 is 12.3. The number of nitrogens with one attached hydrogen (secondary N) is 3. The molecule has 0 fully saturated rings. The molecule has 7 nitrogen and oxygen atoms in total. The van der Waals surface area contributed by atoms with E-state index in [9.17, 15) is 14.4 Å². The molecule has 1 heterocycles. The monoisotopic (exact) mass is 522 g/mol. The molecular formula is C27H24Cl2N4O3. The Bertz CT molecular complexity index is 1430. The van der Waals surface area contributed by atoms with Crippen molar-refractivity contribution < 1.29 is 14.4 Å². The number of para-hydroxylation sites is 1. The van der Waals surface area contributed by atoms with Crippen molar-refractivity contribution in [2.24, 2.45) is 0 Å². The summed E-state index contributed by atoms with van der Waals surface area (Å²) < 4.78 is 1.26. The number of nitrogens with zero attached hydrogens (tertiary/aromatic N) is 1. The van der Waals surface area contributed by atoms with Gasteiger partial charge < -0.3 is 10.6 Å². The zero-order valence-electron chi connectivity index (χ0n) is 19.5. The van der Waals surface area contributed by atoms with Crippen molar-refractivity contribution in [2.75, 3.05) is 16.1 Å². The van der Waals surface area contributed by atoms with E-state index in [1.165, 1.54) is 4.68 Å². The molecular weight excluding hydrogens is 499 g/mol. The van der Waals surface area contributed by atoms with Crippen molar-refractivity contribution in [1.29, 1.82) is 0 Å². The summed E-state index contributed by atoms with van der Waals surface area (Å²) in [7, 11) is 0. The van der Waals surface area contributed by atoms with E-state index in [1.807, 2.05) is 12.1 Å². The molecule has 9 heteroatoms. The fourth-order valence-corrected chi connectivity index (χ4v) is 4.06. The molecule has 0 unspecified atom stereocenters. The first-order valence-electron chi connectivity index (χ1n) is 11.4. The van der Waals surface area contributed by atoms with E-state index < -0.39 is 17.7 Å². The summed E-state index contributed by atoms with van der Waals surface area (Å²) in [6.07, 6.45) is 3.13. The van der Waals surface area contributed by atoms with E-state index in [1.54, 1.807) is 60.7 Å². The van der Waals surface area contributed by atoms with Gasteiger partial charge in [-0.25, -0.2) is 4.68 Å². The number of hydrogen-bond donors (Lipinski definition) is 3. The molecule has 0 saturated carbocycles. The average molecular weight is 523 g/mol. The maximum Gasteiger partial charge on any atom is 0.328 e. The van der Waals surface area contributed by atoms with Crippen LogP contribution in [-0.4, -0.2) is 22.4 Å². The van der Waals surface area contributed by atoms with E-state index in [4.69, 9.17) is 23.2 Å². The smallest absolute Gasteiger partial charge is 0.319 e. The molecule has 4 rings (SSSR count). The second kappa shape index (κ2) is 11.3. The largest absolute Gasteiger partial charge is 0.328 e. The Labute approximate surface area is 218 Å². The summed E-state index contributed by atoms with van der Waals surface area (Å²) in [6, 6.07) is 20.6. The van der Waals surface area contributed by atoms with Crippen LogP contribution in [0.3, 0.4) is 0 Å². The first kappa shape index (κ1) is 25.3. The summed E-state index contributed by atoms with van der Waals surface area (Å²) in [6.45, 7) is 2.13. The summed E-state index contributed by atoms with van der Waals surface area (Å²) in [5.41, 5.74) is 5.17. The Morgan fingerprint density at radius 1 is 0.861 bits per heavy atom. The van der Waals surface area contributed by atoms with E-state index in [0.29, 0.717) is 32.3 Å². The Hall–Kier alpha value is -3.81. The molecule has 0 saturated heterocycles. The number of halogens is 2. The van der Waals surface area contributed by atoms with Crippen molar-refractivity contribution in [3.05, 3.63) is 94.1 Å².